The summed E-state index contributed by atoms with van der Waals surface area (Å²) in [7, 11) is 1.82. The Bertz CT molecular complexity index is 937. The second kappa shape index (κ2) is 8.35. The van der Waals surface area contributed by atoms with Crippen LogP contribution in [0.2, 0.25) is 0 Å². The van der Waals surface area contributed by atoms with Crippen molar-refractivity contribution in [3.05, 3.63) is 59.9 Å². The minimum absolute atomic E-state index is 0.104. The molecular weight excluding hydrogens is 363 g/mol. The van der Waals surface area contributed by atoms with Gasteiger partial charge in [0, 0.05) is 18.3 Å². The lowest BCUT2D eigenvalue weighted by molar-refractivity contribution is -0.113. The lowest BCUT2D eigenvalue weighted by Gasteiger charge is -2.09. The third-order valence-corrected chi connectivity index (χ3v) is 5.13. The molecule has 0 aliphatic carbocycles. The van der Waals surface area contributed by atoms with Crippen LogP contribution in [0.15, 0.2) is 53.7 Å². The molecule has 0 aliphatic rings. The average Bonchev–Trinajstić information content (AvgIpc) is 3.01. The zero-order valence-corrected chi connectivity index (χ0v) is 16.3. The quantitative estimate of drug-likeness (QED) is 0.637. The molecule has 0 saturated heterocycles. The molecule has 27 heavy (non-hydrogen) atoms. The maximum atomic E-state index is 13.1. The summed E-state index contributed by atoms with van der Waals surface area (Å²) in [5.41, 5.74) is 2.74. The topological polar surface area (TPSA) is 59.8 Å². The monoisotopic (exact) mass is 384 g/mol. The SMILES string of the molecule is CC(C)c1cccc(NC(=O)CSc2nnc(-c3ccc(F)cc3)n2C)c1. The highest BCUT2D eigenvalue weighted by atomic mass is 32.2. The van der Waals surface area contributed by atoms with Crippen molar-refractivity contribution in [2.75, 3.05) is 11.1 Å². The predicted molar refractivity (Wildman–Crippen MR) is 106 cm³/mol. The predicted octanol–water partition coefficient (Wildman–Crippen LogP) is 4.48. The van der Waals surface area contributed by atoms with Crippen LogP contribution in [0.25, 0.3) is 11.4 Å². The van der Waals surface area contributed by atoms with E-state index in [0.717, 1.165) is 11.3 Å². The second-order valence-electron chi connectivity index (χ2n) is 6.49. The fourth-order valence-corrected chi connectivity index (χ4v) is 3.30. The first-order valence-corrected chi connectivity index (χ1v) is 9.60. The molecule has 7 heteroatoms. The van der Waals surface area contributed by atoms with Crippen LogP contribution in [0.1, 0.15) is 25.3 Å². The summed E-state index contributed by atoms with van der Waals surface area (Å²) in [6.45, 7) is 4.23. The molecule has 2 aromatic carbocycles. The lowest BCUT2D eigenvalue weighted by Crippen LogP contribution is -2.14. The number of hydrogen-bond acceptors (Lipinski definition) is 4. The largest absolute Gasteiger partial charge is 0.325 e. The third-order valence-electron chi connectivity index (χ3n) is 4.11. The van der Waals surface area contributed by atoms with E-state index in [0.29, 0.717) is 16.9 Å². The molecule has 3 aromatic rings. The molecule has 140 valence electrons. The number of anilines is 1. The number of nitrogens with zero attached hydrogens (tertiary/aromatic N) is 3. The number of nitrogens with one attached hydrogen (secondary N) is 1. The number of carbonyl (C=O) groups excluding carboxylic acids is 1. The molecule has 5 nitrogen and oxygen atoms in total. The van der Waals surface area contributed by atoms with Crippen molar-refractivity contribution < 1.29 is 9.18 Å². The molecule has 0 fully saturated rings. The number of aromatic nitrogens is 3. The van der Waals surface area contributed by atoms with Gasteiger partial charge < -0.3 is 9.88 Å². The molecule has 1 aromatic heterocycles. The van der Waals surface area contributed by atoms with Crippen molar-refractivity contribution in [3.63, 3.8) is 0 Å². The Balaban J connectivity index is 1.62. The van der Waals surface area contributed by atoms with Gasteiger partial charge in [-0.3, -0.25) is 4.79 Å². The van der Waals surface area contributed by atoms with Crippen molar-refractivity contribution >= 4 is 23.4 Å². The van der Waals surface area contributed by atoms with E-state index in [1.54, 1.807) is 16.7 Å². The third kappa shape index (κ3) is 4.74. The number of benzene rings is 2. The van der Waals surface area contributed by atoms with Crippen LogP contribution >= 0.6 is 11.8 Å². The Morgan fingerprint density at radius 1 is 1.19 bits per heavy atom. The highest BCUT2D eigenvalue weighted by Crippen LogP contribution is 2.23. The smallest absolute Gasteiger partial charge is 0.234 e. The molecule has 1 N–H and O–H groups in total. The van der Waals surface area contributed by atoms with Crippen LogP contribution < -0.4 is 5.32 Å². The van der Waals surface area contributed by atoms with Crippen molar-refractivity contribution in [2.24, 2.45) is 7.05 Å². The molecule has 3 rings (SSSR count). The molecule has 0 atom stereocenters. The van der Waals surface area contributed by atoms with Crippen LogP contribution in [0.3, 0.4) is 0 Å². The zero-order valence-electron chi connectivity index (χ0n) is 15.4. The van der Waals surface area contributed by atoms with E-state index in [1.807, 2.05) is 31.3 Å². The first kappa shape index (κ1) is 19.1. The van der Waals surface area contributed by atoms with Gasteiger partial charge in [0.15, 0.2) is 11.0 Å². The van der Waals surface area contributed by atoms with Gasteiger partial charge in [0.2, 0.25) is 5.91 Å². The number of carbonyl (C=O) groups is 1. The fourth-order valence-electron chi connectivity index (χ4n) is 2.59. The maximum absolute atomic E-state index is 13.1. The van der Waals surface area contributed by atoms with Gasteiger partial charge in [-0.25, -0.2) is 4.39 Å². The second-order valence-corrected chi connectivity index (χ2v) is 7.43. The number of rotatable bonds is 6. The molecular formula is C20H21FN4OS. The van der Waals surface area contributed by atoms with Gasteiger partial charge in [-0.15, -0.1) is 10.2 Å². The highest BCUT2D eigenvalue weighted by Gasteiger charge is 2.13. The minimum Gasteiger partial charge on any atom is -0.325 e. The van der Waals surface area contributed by atoms with E-state index in [2.05, 4.69) is 29.4 Å². The summed E-state index contributed by atoms with van der Waals surface area (Å²) in [6.07, 6.45) is 0. The molecule has 0 saturated carbocycles. The van der Waals surface area contributed by atoms with Crippen LogP contribution in [0, 0.1) is 5.82 Å². The summed E-state index contributed by atoms with van der Waals surface area (Å²) in [5.74, 6) is 0.852. The molecule has 1 amide bonds. The number of thioether (sulfide) groups is 1. The number of halogens is 1. The van der Waals surface area contributed by atoms with Gasteiger partial charge in [-0.05, 0) is 47.9 Å². The first-order valence-electron chi connectivity index (χ1n) is 8.62. The Morgan fingerprint density at radius 2 is 1.93 bits per heavy atom. The normalized spacial score (nSPS) is 11.0. The Hall–Kier alpha value is -2.67. The van der Waals surface area contributed by atoms with E-state index in [4.69, 9.17) is 0 Å². The van der Waals surface area contributed by atoms with Gasteiger partial charge >= 0.3 is 0 Å². The zero-order chi connectivity index (χ0) is 19.4. The summed E-state index contributed by atoms with van der Waals surface area (Å²) in [5, 5.41) is 11.8. The van der Waals surface area contributed by atoms with Crippen molar-refractivity contribution in [1.29, 1.82) is 0 Å². The minimum atomic E-state index is -0.297. The standard InChI is InChI=1S/C20H21FN4OS/c1-13(2)15-5-4-6-17(11-15)22-18(26)12-27-20-24-23-19(25(20)3)14-7-9-16(21)10-8-14/h4-11,13H,12H2,1-3H3,(H,22,26). The lowest BCUT2D eigenvalue weighted by atomic mass is 10.0. The van der Waals surface area contributed by atoms with Gasteiger partial charge in [0.05, 0.1) is 5.75 Å². The van der Waals surface area contributed by atoms with E-state index in [1.165, 1.54) is 29.5 Å². The summed E-state index contributed by atoms with van der Waals surface area (Å²) in [6, 6.07) is 13.9. The van der Waals surface area contributed by atoms with Crippen LogP contribution in [0.4, 0.5) is 10.1 Å². The summed E-state index contributed by atoms with van der Waals surface area (Å²) in [4.78, 5) is 12.3. The highest BCUT2D eigenvalue weighted by molar-refractivity contribution is 7.99. The van der Waals surface area contributed by atoms with E-state index < -0.39 is 0 Å². The molecule has 0 radical (unpaired) electrons. The van der Waals surface area contributed by atoms with Crippen molar-refractivity contribution in [3.8, 4) is 11.4 Å². The van der Waals surface area contributed by atoms with Crippen LogP contribution in [-0.4, -0.2) is 26.4 Å². The van der Waals surface area contributed by atoms with Gasteiger partial charge in [-0.2, -0.15) is 0 Å². The van der Waals surface area contributed by atoms with Crippen LogP contribution in [-0.2, 0) is 11.8 Å². The Labute approximate surface area is 162 Å². The van der Waals surface area contributed by atoms with Gasteiger partial charge in [0.25, 0.3) is 0 Å². The van der Waals surface area contributed by atoms with Crippen molar-refractivity contribution in [2.45, 2.75) is 24.9 Å². The van der Waals surface area contributed by atoms with E-state index in [-0.39, 0.29) is 17.5 Å². The summed E-state index contributed by atoms with van der Waals surface area (Å²) < 4.78 is 14.9. The van der Waals surface area contributed by atoms with Gasteiger partial charge in [-0.1, -0.05) is 37.7 Å². The Morgan fingerprint density at radius 3 is 2.63 bits per heavy atom. The maximum Gasteiger partial charge on any atom is 0.234 e. The first-order chi connectivity index (χ1) is 12.9. The molecule has 0 bridgehead atoms. The van der Waals surface area contributed by atoms with Crippen molar-refractivity contribution in [1.82, 2.24) is 14.8 Å². The fraction of sp³-hybridized carbons (Fsp3) is 0.250. The molecule has 0 unspecified atom stereocenters. The molecule has 0 spiro atoms. The Kier molecular flexibility index (Phi) is 5.91. The molecule has 0 aliphatic heterocycles. The number of hydrogen-bond donors (Lipinski definition) is 1. The van der Waals surface area contributed by atoms with E-state index >= 15 is 0 Å². The summed E-state index contributed by atoms with van der Waals surface area (Å²) >= 11 is 1.31. The van der Waals surface area contributed by atoms with Crippen LogP contribution in [0.5, 0.6) is 0 Å². The average molecular weight is 384 g/mol. The number of amides is 1. The van der Waals surface area contributed by atoms with Gasteiger partial charge in [0.1, 0.15) is 5.82 Å². The van der Waals surface area contributed by atoms with E-state index in [9.17, 15) is 9.18 Å². The molecule has 1 heterocycles.